The maximum atomic E-state index is 13.1. The highest BCUT2D eigenvalue weighted by atomic mass is 19.1. The third-order valence-corrected chi connectivity index (χ3v) is 5.41. The highest BCUT2D eigenvalue weighted by Crippen LogP contribution is 2.33. The lowest BCUT2D eigenvalue weighted by Crippen LogP contribution is -2.42. The summed E-state index contributed by atoms with van der Waals surface area (Å²) in [6.45, 7) is 4.53. The largest absolute Gasteiger partial charge is 0.385 e. The molecular formula is C22H24FN3O. The van der Waals surface area contributed by atoms with Crippen molar-refractivity contribution >= 4 is 0 Å². The number of rotatable bonds is 4. The minimum Gasteiger partial charge on any atom is -0.385 e. The van der Waals surface area contributed by atoms with E-state index >= 15 is 0 Å². The average molecular weight is 365 g/mol. The van der Waals surface area contributed by atoms with E-state index in [1.165, 1.54) is 17.7 Å². The molecule has 27 heavy (non-hydrogen) atoms. The number of aromatic nitrogens is 2. The molecule has 4 nitrogen and oxygen atoms in total. The SMILES string of the molecule is Cc1ccc(C2(O)CCN(Cc3cnn(-c4ccc(F)cc4)c3)CC2)cc1. The normalized spacial score (nSPS) is 17.1. The van der Waals surface area contributed by atoms with Gasteiger partial charge in [0.1, 0.15) is 5.82 Å². The van der Waals surface area contributed by atoms with Crippen molar-refractivity contribution in [3.8, 4) is 5.69 Å². The van der Waals surface area contributed by atoms with Gasteiger partial charge in [-0.1, -0.05) is 29.8 Å². The van der Waals surface area contributed by atoms with Crippen LogP contribution in [0.25, 0.3) is 5.69 Å². The molecule has 0 spiro atoms. The molecule has 140 valence electrons. The second-order valence-corrected chi connectivity index (χ2v) is 7.44. The summed E-state index contributed by atoms with van der Waals surface area (Å²) >= 11 is 0. The van der Waals surface area contributed by atoms with Crippen LogP contribution in [0.2, 0.25) is 0 Å². The Kier molecular flexibility index (Phi) is 4.81. The number of likely N-dealkylation sites (tertiary alicyclic amines) is 1. The fourth-order valence-electron chi connectivity index (χ4n) is 3.67. The van der Waals surface area contributed by atoms with Crippen LogP contribution in [0.3, 0.4) is 0 Å². The smallest absolute Gasteiger partial charge is 0.123 e. The first-order valence-corrected chi connectivity index (χ1v) is 9.33. The van der Waals surface area contributed by atoms with Crippen molar-refractivity contribution in [2.45, 2.75) is 31.9 Å². The monoisotopic (exact) mass is 365 g/mol. The van der Waals surface area contributed by atoms with Gasteiger partial charge in [-0.2, -0.15) is 5.10 Å². The first-order chi connectivity index (χ1) is 13.0. The quantitative estimate of drug-likeness (QED) is 0.765. The Balaban J connectivity index is 1.38. The van der Waals surface area contributed by atoms with Crippen LogP contribution in [0, 0.1) is 12.7 Å². The van der Waals surface area contributed by atoms with E-state index in [9.17, 15) is 9.50 Å². The summed E-state index contributed by atoms with van der Waals surface area (Å²) in [5.74, 6) is -0.250. The number of hydrogen-bond acceptors (Lipinski definition) is 3. The number of halogens is 1. The third-order valence-electron chi connectivity index (χ3n) is 5.41. The summed E-state index contributed by atoms with van der Waals surface area (Å²) in [7, 11) is 0. The van der Waals surface area contributed by atoms with Gasteiger partial charge in [-0.05, 0) is 49.6 Å². The standard InChI is InChI=1S/C22H24FN3O/c1-17-2-4-19(5-3-17)22(27)10-12-25(13-11-22)15-18-14-24-26(16-18)21-8-6-20(23)7-9-21/h2-9,14,16,27H,10-13,15H2,1H3. The second kappa shape index (κ2) is 7.25. The maximum Gasteiger partial charge on any atom is 0.123 e. The van der Waals surface area contributed by atoms with Crippen LogP contribution in [-0.2, 0) is 12.1 Å². The number of benzene rings is 2. The van der Waals surface area contributed by atoms with Gasteiger partial charge in [0.15, 0.2) is 0 Å². The van der Waals surface area contributed by atoms with Gasteiger partial charge in [-0.25, -0.2) is 9.07 Å². The molecular weight excluding hydrogens is 341 g/mol. The minimum absolute atomic E-state index is 0.250. The van der Waals surface area contributed by atoms with Crippen LogP contribution in [0.1, 0.15) is 29.5 Å². The molecule has 0 saturated carbocycles. The zero-order valence-corrected chi connectivity index (χ0v) is 15.5. The molecule has 0 unspecified atom stereocenters. The molecule has 0 amide bonds. The van der Waals surface area contributed by atoms with Crippen LogP contribution in [0.4, 0.5) is 4.39 Å². The molecule has 1 fully saturated rings. The molecule has 5 heteroatoms. The van der Waals surface area contributed by atoms with Crippen LogP contribution in [0.5, 0.6) is 0 Å². The Bertz CT molecular complexity index is 894. The number of aryl methyl sites for hydroxylation is 1. The molecule has 0 bridgehead atoms. The molecule has 0 radical (unpaired) electrons. The van der Waals surface area contributed by atoms with Crippen molar-refractivity contribution in [3.05, 3.63) is 83.4 Å². The number of hydrogen-bond donors (Lipinski definition) is 1. The second-order valence-electron chi connectivity index (χ2n) is 7.44. The fourth-order valence-corrected chi connectivity index (χ4v) is 3.67. The summed E-state index contributed by atoms with van der Waals surface area (Å²) in [4.78, 5) is 2.34. The zero-order valence-electron chi connectivity index (χ0n) is 15.5. The molecule has 2 aromatic carbocycles. The predicted molar refractivity (Wildman–Crippen MR) is 103 cm³/mol. The van der Waals surface area contributed by atoms with E-state index in [2.05, 4.69) is 29.1 Å². The van der Waals surface area contributed by atoms with Crippen molar-refractivity contribution in [2.75, 3.05) is 13.1 Å². The first kappa shape index (κ1) is 17.9. The lowest BCUT2D eigenvalue weighted by atomic mass is 9.84. The molecule has 1 aliphatic rings. The number of aliphatic hydroxyl groups is 1. The highest BCUT2D eigenvalue weighted by molar-refractivity contribution is 5.31. The van der Waals surface area contributed by atoms with Crippen molar-refractivity contribution in [3.63, 3.8) is 0 Å². The topological polar surface area (TPSA) is 41.3 Å². The molecule has 2 heterocycles. The lowest BCUT2D eigenvalue weighted by molar-refractivity contribution is -0.0277. The Labute approximate surface area is 158 Å². The van der Waals surface area contributed by atoms with E-state index in [1.54, 1.807) is 16.8 Å². The molecule has 3 aromatic rings. The fraction of sp³-hybridized carbons (Fsp3) is 0.318. The van der Waals surface area contributed by atoms with E-state index in [1.807, 2.05) is 24.5 Å². The van der Waals surface area contributed by atoms with E-state index in [4.69, 9.17) is 0 Å². The first-order valence-electron chi connectivity index (χ1n) is 9.33. The molecule has 1 saturated heterocycles. The molecule has 1 aromatic heterocycles. The minimum atomic E-state index is -0.734. The Morgan fingerprint density at radius 3 is 2.37 bits per heavy atom. The summed E-state index contributed by atoms with van der Waals surface area (Å²) in [6, 6.07) is 14.5. The molecule has 0 atom stereocenters. The summed E-state index contributed by atoms with van der Waals surface area (Å²) in [5, 5.41) is 15.4. The Morgan fingerprint density at radius 1 is 1.04 bits per heavy atom. The zero-order chi connectivity index (χ0) is 18.9. The van der Waals surface area contributed by atoms with Gasteiger partial charge in [0.05, 0.1) is 17.5 Å². The van der Waals surface area contributed by atoms with Gasteiger partial charge in [0, 0.05) is 31.4 Å². The van der Waals surface area contributed by atoms with Crippen molar-refractivity contribution in [1.29, 1.82) is 0 Å². The van der Waals surface area contributed by atoms with Crippen LogP contribution < -0.4 is 0 Å². The van der Waals surface area contributed by atoms with E-state index < -0.39 is 5.60 Å². The predicted octanol–water partition coefficient (Wildman–Crippen LogP) is 3.80. The number of piperidine rings is 1. The van der Waals surface area contributed by atoms with Gasteiger partial charge in [-0.15, -0.1) is 0 Å². The third kappa shape index (κ3) is 3.94. The van der Waals surface area contributed by atoms with E-state index in [0.717, 1.165) is 49.3 Å². The van der Waals surface area contributed by atoms with E-state index in [-0.39, 0.29) is 5.82 Å². The lowest BCUT2D eigenvalue weighted by Gasteiger charge is -2.38. The van der Waals surface area contributed by atoms with Crippen LogP contribution in [-0.4, -0.2) is 32.9 Å². The Morgan fingerprint density at radius 2 is 1.70 bits per heavy atom. The maximum absolute atomic E-state index is 13.1. The molecule has 1 N–H and O–H groups in total. The Hall–Kier alpha value is -2.50. The van der Waals surface area contributed by atoms with Gasteiger partial charge in [0.25, 0.3) is 0 Å². The summed E-state index contributed by atoms with van der Waals surface area (Å²) in [6.07, 6.45) is 5.28. The molecule has 4 rings (SSSR count). The van der Waals surface area contributed by atoms with Gasteiger partial charge in [-0.3, -0.25) is 4.90 Å². The number of nitrogens with zero attached hydrogens (tertiary/aromatic N) is 3. The highest BCUT2D eigenvalue weighted by Gasteiger charge is 2.33. The molecule has 1 aliphatic heterocycles. The molecule has 0 aliphatic carbocycles. The van der Waals surface area contributed by atoms with Crippen molar-refractivity contribution < 1.29 is 9.50 Å². The van der Waals surface area contributed by atoms with Gasteiger partial charge in [0.2, 0.25) is 0 Å². The summed E-state index contributed by atoms with van der Waals surface area (Å²) < 4.78 is 14.8. The van der Waals surface area contributed by atoms with E-state index in [0.29, 0.717) is 0 Å². The van der Waals surface area contributed by atoms with Gasteiger partial charge < -0.3 is 5.11 Å². The van der Waals surface area contributed by atoms with Crippen LogP contribution in [0.15, 0.2) is 60.9 Å². The summed E-state index contributed by atoms with van der Waals surface area (Å²) in [5.41, 5.74) is 3.44. The average Bonchev–Trinajstić information content (AvgIpc) is 3.13. The van der Waals surface area contributed by atoms with Crippen molar-refractivity contribution in [2.24, 2.45) is 0 Å². The van der Waals surface area contributed by atoms with Crippen LogP contribution >= 0.6 is 0 Å². The van der Waals surface area contributed by atoms with Crippen molar-refractivity contribution in [1.82, 2.24) is 14.7 Å². The van der Waals surface area contributed by atoms with Gasteiger partial charge >= 0.3 is 0 Å².